The fraction of sp³-hybridized carbons (Fsp3) is 0. The van der Waals surface area contributed by atoms with Crippen molar-refractivity contribution in [3.05, 3.63) is 23.8 Å². The number of benzene rings is 1. The van der Waals surface area contributed by atoms with Crippen molar-refractivity contribution in [3.8, 4) is 11.5 Å². The predicted octanol–water partition coefficient (Wildman–Crippen LogP) is 1.37. The van der Waals surface area contributed by atoms with E-state index in [0.717, 1.165) is 0 Å². The number of carbonyl (C=O) groups excluding carboxylic acids is 1. The molecule has 0 aliphatic heterocycles. The highest BCUT2D eigenvalue weighted by Crippen LogP contribution is 2.22. The van der Waals surface area contributed by atoms with Gasteiger partial charge in [0.15, 0.2) is 6.29 Å². The van der Waals surface area contributed by atoms with E-state index in [9.17, 15) is 4.79 Å². The predicted molar refractivity (Wildman–Crippen MR) is 43.8 cm³/mol. The average Bonchev–Trinajstić information content (AvgIpc) is 2.04. The lowest BCUT2D eigenvalue weighted by molar-refractivity contribution is 0.112. The minimum atomic E-state index is -0.0695. The molecule has 0 aliphatic carbocycles. The Bertz CT molecular complexity index is 272. The Kier molecular flexibility index (Phi) is 2.44. The Morgan fingerprint density at radius 1 is 1.55 bits per heavy atom. The minimum Gasteiger partial charge on any atom is -0.507 e. The van der Waals surface area contributed by atoms with Crippen molar-refractivity contribution in [3.63, 3.8) is 0 Å². The van der Waals surface area contributed by atoms with Crippen LogP contribution in [0.5, 0.6) is 11.5 Å². The van der Waals surface area contributed by atoms with E-state index in [1.807, 2.05) is 9.47 Å². The molecule has 1 atom stereocenters. The third kappa shape index (κ3) is 1.69. The molecule has 0 aliphatic rings. The molecule has 58 valence electrons. The van der Waals surface area contributed by atoms with Crippen LogP contribution in [0.1, 0.15) is 10.4 Å². The van der Waals surface area contributed by atoms with Crippen LogP contribution in [0.25, 0.3) is 0 Å². The lowest BCUT2D eigenvalue weighted by atomic mass is 10.2. The summed E-state index contributed by atoms with van der Waals surface area (Å²) >= 11 is 0. The van der Waals surface area contributed by atoms with Crippen molar-refractivity contribution in [2.75, 3.05) is 0 Å². The van der Waals surface area contributed by atoms with E-state index in [4.69, 9.17) is 9.63 Å². The van der Waals surface area contributed by atoms with Gasteiger partial charge in [-0.05, 0) is 12.1 Å². The number of aromatic hydroxyl groups is 1. The third-order valence-corrected chi connectivity index (χ3v) is 1.54. The summed E-state index contributed by atoms with van der Waals surface area (Å²) in [7, 11) is 2.05. The molecule has 0 spiro atoms. The van der Waals surface area contributed by atoms with Crippen LogP contribution in [0.4, 0.5) is 0 Å². The quantitative estimate of drug-likeness (QED) is 0.538. The molecule has 1 aromatic rings. The second-order valence-electron chi connectivity index (χ2n) is 1.96. The highest BCUT2D eigenvalue weighted by Gasteiger charge is 1.99. The van der Waals surface area contributed by atoms with Crippen molar-refractivity contribution in [2.45, 2.75) is 0 Å². The Hall–Kier alpha value is -1.08. The monoisotopic (exact) mass is 170 g/mol. The topological polar surface area (TPSA) is 46.5 Å². The zero-order valence-electron chi connectivity index (χ0n) is 5.65. The summed E-state index contributed by atoms with van der Waals surface area (Å²) < 4.78 is 4.74. The molecule has 1 N–H and O–H groups in total. The molecule has 4 heteroatoms. The minimum absolute atomic E-state index is 0.0695. The van der Waals surface area contributed by atoms with Crippen molar-refractivity contribution in [1.29, 1.82) is 0 Å². The molecule has 0 bridgehead atoms. The summed E-state index contributed by atoms with van der Waals surface area (Å²) in [6, 6.07) is 4.45. The molecular formula is C7H7O3P. The molecule has 11 heavy (non-hydrogen) atoms. The molecule has 1 rings (SSSR count). The van der Waals surface area contributed by atoms with Crippen LogP contribution in [-0.2, 0) is 0 Å². The van der Waals surface area contributed by atoms with Crippen molar-refractivity contribution >= 4 is 15.8 Å². The molecule has 0 aromatic heterocycles. The van der Waals surface area contributed by atoms with Gasteiger partial charge in [0.2, 0.25) is 0 Å². The number of phenolic OH excluding ortho intramolecular Hbond substituents is 1. The zero-order chi connectivity index (χ0) is 8.27. The summed E-state index contributed by atoms with van der Waals surface area (Å²) in [5.41, 5.74) is 0.260. The highest BCUT2D eigenvalue weighted by molar-refractivity contribution is 7.10. The first-order valence-electron chi connectivity index (χ1n) is 2.93. The van der Waals surface area contributed by atoms with Crippen molar-refractivity contribution < 1.29 is 14.4 Å². The Morgan fingerprint density at radius 2 is 2.27 bits per heavy atom. The second-order valence-corrected chi connectivity index (χ2v) is 2.19. The van der Waals surface area contributed by atoms with Crippen LogP contribution in [0.3, 0.4) is 0 Å². The van der Waals surface area contributed by atoms with E-state index >= 15 is 0 Å². The van der Waals surface area contributed by atoms with E-state index in [2.05, 4.69) is 0 Å². The Morgan fingerprint density at radius 3 is 2.73 bits per heavy atom. The molecule has 1 aromatic carbocycles. The molecule has 0 radical (unpaired) electrons. The smallest absolute Gasteiger partial charge is 0.153 e. The van der Waals surface area contributed by atoms with E-state index in [0.29, 0.717) is 12.0 Å². The largest absolute Gasteiger partial charge is 0.507 e. The normalized spacial score (nSPS) is 9.18. The number of hydrogen-bond donors (Lipinski definition) is 1. The van der Waals surface area contributed by atoms with Gasteiger partial charge in [-0.3, -0.25) is 4.79 Å². The first-order valence-corrected chi connectivity index (χ1v) is 3.40. The Balaban J connectivity index is 3.09. The van der Waals surface area contributed by atoms with Crippen LogP contribution in [0.15, 0.2) is 18.2 Å². The number of aldehydes is 1. The van der Waals surface area contributed by atoms with E-state index in [1.165, 1.54) is 12.1 Å². The lowest BCUT2D eigenvalue weighted by Crippen LogP contribution is -1.81. The lowest BCUT2D eigenvalue weighted by Gasteiger charge is -2.00. The summed E-state index contributed by atoms with van der Waals surface area (Å²) in [6.45, 7) is 0. The van der Waals surface area contributed by atoms with E-state index in [-0.39, 0.29) is 11.3 Å². The van der Waals surface area contributed by atoms with Gasteiger partial charge in [0.1, 0.15) is 11.5 Å². The number of hydrogen-bond acceptors (Lipinski definition) is 3. The number of carbonyl (C=O) groups is 1. The first kappa shape index (κ1) is 8.02. The maximum Gasteiger partial charge on any atom is 0.153 e. The zero-order valence-corrected chi connectivity index (χ0v) is 6.81. The summed E-state index contributed by atoms with van der Waals surface area (Å²) in [5.74, 6) is 0.429. The molecule has 0 amide bonds. The van der Waals surface area contributed by atoms with Gasteiger partial charge >= 0.3 is 0 Å². The second kappa shape index (κ2) is 3.35. The Labute approximate surface area is 66.3 Å². The van der Waals surface area contributed by atoms with Crippen molar-refractivity contribution in [2.24, 2.45) is 0 Å². The van der Waals surface area contributed by atoms with Crippen LogP contribution in [-0.4, -0.2) is 11.4 Å². The van der Waals surface area contributed by atoms with Crippen LogP contribution < -0.4 is 4.52 Å². The standard InChI is InChI=1S/C7H7O3P/c8-4-5-1-2-6(10-11)3-7(5)9/h1-4,9H,11H2. The van der Waals surface area contributed by atoms with Crippen molar-refractivity contribution in [1.82, 2.24) is 0 Å². The molecule has 0 fully saturated rings. The molecule has 1 unspecified atom stereocenters. The highest BCUT2D eigenvalue weighted by atomic mass is 31.0. The van der Waals surface area contributed by atoms with Gasteiger partial charge in [0, 0.05) is 6.07 Å². The first-order chi connectivity index (χ1) is 5.27. The van der Waals surface area contributed by atoms with E-state index in [1.54, 1.807) is 6.07 Å². The maximum absolute atomic E-state index is 10.2. The van der Waals surface area contributed by atoms with E-state index < -0.39 is 0 Å². The van der Waals surface area contributed by atoms with Gasteiger partial charge in [0.25, 0.3) is 0 Å². The molecular weight excluding hydrogens is 163 g/mol. The van der Waals surface area contributed by atoms with Crippen LogP contribution >= 0.6 is 9.47 Å². The van der Waals surface area contributed by atoms with Crippen LogP contribution in [0, 0.1) is 0 Å². The fourth-order valence-corrected chi connectivity index (χ4v) is 0.843. The van der Waals surface area contributed by atoms with Gasteiger partial charge in [-0.1, -0.05) is 0 Å². The van der Waals surface area contributed by atoms with Gasteiger partial charge in [-0.25, -0.2) is 0 Å². The fourth-order valence-electron chi connectivity index (χ4n) is 0.696. The van der Waals surface area contributed by atoms with Gasteiger partial charge in [-0.15, -0.1) is 0 Å². The third-order valence-electron chi connectivity index (χ3n) is 1.26. The average molecular weight is 170 g/mol. The van der Waals surface area contributed by atoms with Crippen LogP contribution in [0.2, 0.25) is 0 Å². The summed E-state index contributed by atoms with van der Waals surface area (Å²) in [5, 5.41) is 9.10. The molecule has 3 nitrogen and oxygen atoms in total. The summed E-state index contributed by atoms with van der Waals surface area (Å²) in [6.07, 6.45) is 0.585. The molecule has 0 heterocycles. The maximum atomic E-state index is 10.2. The van der Waals surface area contributed by atoms with Gasteiger partial charge in [0.05, 0.1) is 15.0 Å². The SMILES string of the molecule is O=Cc1ccc(OP)cc1O. The summed E-state index contributed by atoms with van der Waals surface area (Å²) in [4.78, 5) is 10.2. The van der Waals surface area contributed by atoms with Gasteiger partial charge in [-0.2, -0.15) is 0 Å². The molecule has 0 saturated heterocycles. The number of rotatable bonds is 2. The molecule has 0 saturated carbocycles. The van der Waals surface area contributed by atoms with Gasteiger partial charge < -0.3 is 9.63 Å². The number of phenols is 1.